The van der Waals surface area contributed by atoms with E-state index in [1.54, 1.807) is 13.0 Å². The molecule has 0 aliphatic rings. The highest BCUT2D eigenvalue weighted by Crippen LogP contribution is 2.31. The van der Waals surface area contributed by atoms with Crippen molar-refractivity contribution in [3.05, 3.63) is 14.7 Å². The molecule has 0 aliphatic carbocycles. The predicted octanol–water partition coefficient (Wildman–Crippen LogP) is 2.21. The Morgan fingerprint density at radius 3 is 2.53 bits per heavy atom. The van der Waals surface area contributed by atoms with E-state index in [2.05, 4.69) is 15.9 Å². The van der Waals surface area contributed by atoms with Gasteiger partial charge in [0, 0.05) is 18.0 Å². The number of thiophene rings is 1. The summed E-state index contributed by atoms with van der Waals surface area (Å²) >= 11 is 4.69. The Labute approximate surface area is 114 Å². The molecule has 0 bridgehead atoms. The van der Waals surface area contributed by atoms with Crippen LogP contribution in [0.3, 0.4) is 0 Å². The molecule has 1 heterocycles. The van der Waals surface area contributed by atoms with Crippen LogP contribution in [-0.4, -0.2) is 37.5 Å². The molecule has 0 radical (unpaired) electrons. The maximum atomic E-state index is 12.3. The lowest BCUT2D eigenvalue weighted by Gasteiger charge is -2.20. The van der Waals surface area contributed by atoms with Gasteiger partial charge < -0.3 is 5.11 Å². The normalized spacial score (nSPS) is 12.3. The number of sulfonamides is 1. The van der Waals surface area contributed by atoms with Crippen LogP contribution < -0.4 is 0 Å². The van der Waals surface area contributed by atoms with Crippen molar-refractivity contribution in [2.24, 2.45) is 0 Å². The van der Waals surface area contributed by atoms with Gasteiger partial charge in [0.25, 0.3) is 0 Å². The molecule has 1 aromatic heterocycles. The molecule has 0 amide bonds. The molecule has 0 saturated heterocycles. The highest BCUT2D eigenvalue weighted by Gasteiger charge is 2.26. The second-order valence-electron chi connectivity index (χ2n) is 3.60. The zero-order chi connectivity index (χ0) is 13.1. The van der Waals surface area contributed by atoms with Crippen LogP contribution in [0.4, 0.5) is 0 Å². The molecule has 17 heavy (non-hydrogen) atoms. The number of aliphatic hydroxyl groups excluding tert-OH is 1. The molecule has 0 aliphatic heterocycles. The highest BCUT2D eigenvalue weighted by atomic mass is 79.9. The lowest BCUT2D eigenvalue weighted by atomic mass is 10.5. The van der Waals surface area contributed by atoms with Gasteiger partial charge in [0.15, 0.2) is 0 Å². The molecular weight excluding hydrogens is 326 g/mol. The SMILES string of the molecule is CCCN(CCO)S(=O)(=O)c1cc(Br)sc1C. The van der Waals surface area contributed by atoms with Gasteiger partial charge in [-0.15, -0.1) is 11.3 Å². The lowest BCUT2D eigenvalue weighted by molar-refractivity contribution is 0.253. The van der Waals surface area contributed by atoms with Gasteiger partial charge in [-0.25, -0.2) is 8.42 Å². The van der Waals surface area contributed by atoms with Gasteiger partial charge in [-0.3, -0.25) is 0 Å². The fraction of sp³-hybridized carbons (Fsp3) is 0.600. The molecule has 0 aromatic carbocycles. The van der Waals surface area contributed by atoms with Crippen molar-refractivity contribution in [2.75, 3.05) is 19.7 Å². The summed E-state index contributed by atoms with van der Waals surface area (Å²) < 4.78 is 26.8. The first-order valence-electron chi connectivity index (χ1n) is 5.30. The minimum Gasteiger partial charge on any atom is -0.395 e. The van der Waals surface area contributed by atoms with E-state index in [0.717, 1.165) is 15.1 Å². The van der Waals surface area contributed by atoms with Gasteiger partial charge in [-0.2, -0.15) is 4.31 Å². The van der Waals surface area contributed by atoms with Crippen molar-refractivity contribution in [1.29, 1.82) is 0 Å². The van der Waals surface area contributed by atoms with Gasteiger partial charge in [-0.1, -0.05) is 6.92 Å². The van der Waals surface area contributed by atoms with E-state index in [4.69, 9.17) is 5.11 Å². The van der Waals surface area contributed by atoms with Crippen molar-refractivity contribution in [1.82, 2.24) is 4.31 Å². The summed E-state index contributed by atoms with van der Waals surface area (Å²) in [6.45, 7) is 4.10. The second kappa shape index (κ2) is 6.29. The van der Waals surface area contributed by atoms with Crippen LogP contribution in [0.2, 0.25) is 0 Å². The number of nitrogens with zero attached hydrogens (tertiary/aromatic N) is 1. The van der Waals surface area contributed by atoms with E-state index in [9.17, 15) is 8.42 Å². The predicted molar refractivity (Wildman–Crippen MR) is 72.9 cm³/mol. The molecule has 1 aromatic rings. The molecule has 0 fully saturated rings. The summed E-state index contributed by atoms with van der Waals surface area (Å²) in [5, 5.41) is 8.94. The van der Waals surface area contributed by atoms with Crippen LogP contribution >= 0.6 is 27.3 Å². The molecule has 0 saturated carbocycles. The number of hydrogen-bond acceptors (Lipinski definition) is 4. The Kier molecular flexibility index (Phi) is 5.59. The maximum Gasteiger partial charge on any atom is 0.244 e. The van der Waals surface area contributed by atoms with Crippen molar-refractivity contribution in [2.45, 2.75) is 25.2 Å². The van der Waals surface area contributed by atoms with Crippen LogP contribution in [0.5, 0.6) is 0 Å². The quantitative estimate of drug-likeness (QED) is 0.862. The molecule has 98 valence electrons. The summed E-state index contributed by atoms with van der Waals surface area (Å²) in [5.41, 5.74) is 0. The molecule has 7 heteroatoms. The monoisotopic (exact) mass is 341 g/mol. The molecular formula is C10H16BrNO3S2. The smallest absolute Gasteiger partial charge is 0.244 e. The van der Waals surface area contributed by atoms with Crippen molar-refractivity contribution in [3.63, 3.8) is 0 Å². The highest BCUT2D eigenvalue weighted by molar-refractivity contribution is 9.11. The minimum absolute atomic E-state index is 0.142. The first-order valence-corrected chi connectivity index (χ1v) is 8.35. The molecule has 1 rings (SSSR count). The van der Waals surface area contributed by atoms with Crippen LogP contribution in [0, 0.1) is 6.92 Å². The summed E-state index contributed by atoms with van der Waals surface area (Å²) in [7, 11) is -3.48. The first-order chi connectivity index (χ1) is 7.93. The summed E-state index contributed by atoms with van der Waals surface area (Å²) in [5.74, 6) is 0. The average molecular weight is 342 g/mol. The molecule has 1 N–H and O–H groups in total. The zero-order valence-electron chi connectivity index (χ0n) is 9.81. The van der Waals surface area contributed by atoms with Crippen LogP contribution in [-0.2, 0) is 10.0 Å². The Balaban J connectivity index is 3.11. The average Bonchev–Trinajstić information content (AvgIpc) is 2.58. The van der Waals surface area contributed by atoms with Crippen LogP contribution in [0.25, 0.3) is 0 Å². The molecule has 0 atom stereocenters. The Hall–Kier alpha value is 0.0500. The summed E-state index contributed by atoms with van der Waals surface area (Å²) in [4.78, 5) is 1.09. The van der Waals surface area contributed by atoms with Gasteiger partial charge in [0.2, 0.25) is 10.0 Å². The van der Waals surface area contributed by atoms with E-state index in [1.807, 2.05) is 6.92 Å². The third kappa shape index (κ3) is 3.51. The van der Waals surface area contributed by atoms with E-state index < -0.39 is 10.0 Å². The number of aliphatic hydroxyl groups is 1. The molecule has 0 unspecified atom stereocenters. The van der Waals surface area contributed by atoms with Gasteiger partial charge in [0.05, 0.1) is 15.3 Å². The topological polar surface area (TPSA) is 57.6 Å². The first kappa shape index (κ1) is 15.1. The zero-order valence-corrected chi connectivity index (χ0v) is 13.0. The van der Waals surface area contributed by atoms with Crippen LogP contribution in [0.1, 0.15) is 18.2 Å². The van der Waals surface area contributed by atoms with Gasteiger partial charge in [0.1, 0.15) is 0 Å². The fourth-order valence-corrected chi connectivity index (χ4v) is 5.45. The number of hydrogen-bond donors (Lipinski definition) is 1. The third-order valence-electron chi connectivity index (χ3n) is 2.28. The van der Waals surface area contributed by atoms with E-state index >= 15 is 0 Å². The van der Waals surface area contributed by atoms with Crippen LogP contribution in [0.15, 0.2) is 14.7 Å². The maximum absolute atomic E-state index is 12.3. The van der Waals surface area contributed by atoms with E-state index in [1.165, 1.54) is 15.6 Å². The number of aryl methyl sites for hydroxylation is 1. The van der Waals surface area contributed by atoms with Gasteiger partial charge >= 0.3 is 0 Å². The second-order valence-corrected chi connectivity index (χ2v) is 8.14. The van der Waals surface area contributed by atoms with E-state index in [0.29, 0.717) is 11.4 Å². The summed E-state index contributed by atoms with van der Waals surface area (Å²) in [6.07, 6.45) is 0.726. The van der Waals surface area contributed by atoms with Crippen molar-refractivity contribution < 1.29 is 13.5 Å². The summed E-state index contributed by atoms with van der Waals surface area (Å²) in [6, 6.07) is 1.62. The third-order valence-corrected chi connectivity index (χ3v) is 5.99. The molecule has 0 spiro atoms. The van der Waals surface area contributed by atoms with E-state index in [-0.39, 0.29) is 13.2 Å². The Bertz CT molecular complexity index is 464. The fourth-order valence-electron chi connectivity index (χ4n) is 1.54. The molecule has 4 nitrogen and oxygen atoms in total. The Morgan fingerprint density at radius 2 is 2.12 bits per heavy atom. The Morgan fingerprint density at radius 1 is 1.47 bits per heavy atom. The largest absolute Gasteiger partial charge is 0.395 e. The standard InChI is InChI=1S/C10H16BrNO3S2/c1-3-4-12(5-6-13)17(14,15)9-7-10(11)16-8(9)2/h7,13H,3-6H2,1-2H3. The number of rotatable bonds is 6. The lowest BCUT2D eigenvalue weighted by Crippen LogP contribution is -2.34. The van der Waals surface area contributed by atoms with Crippen molar-refractivity contribution in [3.8, 4) is 0 Å². The van der Waals surface area contributed by atoms with Crippen molar-refractivity contribution >= 4 is 37.3 Å². The number of halogens is 1. The van der Waals surface area contributed by atoms with Gasteiger partial charge in [-0.05, 0) is 35.3 Å². The minimum atomic E-state index is -3.48.